The summed E-state index contributed by atoms with van der Waals surface area (Å²) < 4.78 is 51.4. The van der Waals surface area contributed by atoms with Gasteiger partial charge in [0.2, 0.25) is 0 Å². The van der Waals surface area contributed by atoms with Gasteiger partial charge in [0.15, 0.2) is 11.0 Å². The molecule has 1 aromatic heterocycles. The predicted molar refractivity (Wildman–Crippen MR) is 118 cm³/mol. The molecule has 1 saturated carbocycles. The molecule has 0 bridgehead atoms. The topological polar surface area (TPSA) is 51.5 Å². The average Bonchev–Trinajstić information content (AvgIpc) is 3.27. The van der Waals surface area contributed by atoms with Gasteiger partial charge in [0.05, 0.1) is 28.1 Å². The molecule has 170 valence electrons. The Morgan fingerprint density at radius 3 is 2.66 bits per heavy atom. The highest BCUT2D eigenvalue weighted by atomic mass is 35.5. The monoisotopic (exact) mass is 465 g/mol. The molecule has 1 N–H and O–H groups in total. The van der Waals surface area contributed by atoms with Gasteiger partial charge < -0.3 is 14.5 Å². The van der Waals surface area contributed by atoms with Crippen LogP contribution >= 0.6 is 11.6 Å². The SMILES string of the molecule is O=c1cc(-c2ccc(C(F)(F)F)cc2OCCCNC2CCCC2)oc2c(Cl)cccc12. The third-order valence-corrected chi connectivity index (χ3v) is 5.95. The van der Waals surface area contributed by atoms with Crippen LogP contribution in [0.2, 0.25) is 5.02 Å². The molecule has 1 heterocycles. The molecule has 32 heavy (non-hydrogen) atoms. The molecule has 3 aromatic rings. The van der Waals surface area contributed by atoms with Gasteiger partial charge in [0, 0.05) is 12.1 Å². The van der Waals surface area contributed by atoms with E-state index in [0.29, 0.717) is 17.8 Å². The second-order valence-electron chi connectivity index (χ2n) is 7.94. The Morgan fingerprint density at radius 2 is 1.91 bits per heavy atom. The molecular formula is C24H23ClF3NO3. The Balaban J connectivity index is 1.60. The summed E-state index contributed by atoms with van der Waals surface area (Å²) in [6, 6.07) is 9.70. The molecule has 0 unspecified atom stereocenters. The minimum Gasteiger partial charge on any atom is -0.493 e. The Labute approximate surface area is 188 Å². The molecule has 0 radical (unpaired) electrons. The van der Waals surface area contributed by atoms with Gasteiger partial charge >= 0.3 is 6.18 Å². The number of hydrogen-bond acceptors (Lipinski definition) is 4. The number of para-hydroxylation sites is 1. The first-order valence-corrected chi connectivity index (χ1v) is 11.0. The van der Waals surface area contributed by atoms with Crippen LogP contribution in [0.3, 0.4) is 0 Å². The zero-order valence-electron chi connectivity index (χ0n) is 17.3. The first-order chi connectivity index (χ1) is 15.3. The van der Waals surface area contributed by atoms with Crippen molar-refractivity contribution in [3.8, 4) is 17.1 Å². The van der Waals surface area contributed by atoms with Crippen molar-refractivity contribution >= 4 is 22.6 Å². The third kappa shape index (κ3) is 5.10. The van der Waals surface area contributed by atoms with Gasteiger partial charge in [-0.1, -0.05) is 30.5 Å². The highest BCUT2D eigenvalue weighted by Gasteiger charge is 2.31. The Hall–Kier alpha value is -2.51. The van der Waals surface area contributed by atoms with Crippen LogP contribution < -0.4 is 15.5 Å². The van der Waals surface area contributed by atoms with E-state index >= 15 is 0 Å². The van der Waals surface area contributed by atoms with Crippen molar-refractivity contribution in [2.75, 3.05) is 13.2 Å². The maximum Gasteiger partial charge on any atom is 0.416 e. The summed E-state index contributed by atoms with van der Waals surface area (Å²) >= 11 is 6.17. The lowest BCUT2D eigenvalue weighted by Gasteiger charge is -2.16. The molecular weight excluding hydrogens is 443 g/mol. The minimum absolute atomic E-state index is 0.00949. The van der Waals surface area contributed by atoms with Crippen LogP contribution in [0.1, 0.15) is 37.7 Å². The van der Waals surface area contributed by atoms with Gasteiger partial charge in [-0.3, -0.25) is 4.79 Å². The van der Waals surface area contributed by atoms with E-state index in [0.717, 1.165) is 31.5 Å². The smallest absolute Gasteiger partial charge is 0.416 e. The lowest BCUT2D eigenvalue weighted by atomic mass is 10.1. The van der Waals surface area contributed by atoms with Gasteiger partial charge in [0.25, 0.3) is 0 Å². The van der Waals surface area contributed by atoms with E-state index in [1.165, 1.54) is 25.0 Å². The van der Waals surface area contributed by atoms with Crippen molar-refractivity contribution in [2.24, 2.45) is 0 Å². The summed E-state index contributed by atoms with van der Waals surface area (Å²) in [5.41, 5.74) is -0.721. The predicted octanol–water partition coefficient (Wildman–Crippen LogP) is 6.43. The van der Waals surface area contributed by atoms with Gasteiger partial charge in [-0.05, 0) is 56.1 Å². The Bertz CT molecular complexity index is 1150. The normalized spacial score (nSPS) is 14.9. The molecule has 4 nitrogen and oxygen atoms in total. The van der Waals surface area contributed by atoms with Crippen LogP contribution in [0.25, 0.3) is 22.3 Å². The summed E-state index contributed by atoms with van der Waals surface area (Å²) in [6.07, 6.45) is 0.879. The lowest BCUT2D eigenvalue weighted by Crippen LogP contribution is -2.27. The quantitative estimate of drug-likeness (QED) is 0.408. The van der Waals surface area contributed by atoms with E-state index in [2.05, 4.69) is 5.32 Å². The highest BCUT2D eigenvalue weighted by molar-refractivity contribution is 6.34. The van der Waals surface area contributed by atoms with Crippen molar-refractivity contribution in [3.63, 3.8) is 0 Å². The number of hydrogen-bond donors (Lipinski definition) is 1. The largest absolute Gasteiger partial charge is 0.493 e. The van der Waals surface area contributed by atoms with Crippen molar-refractivity contribution in [1.29, 1.82) is 0 Å². The fourth-order valence-electron chi connectivity index (χ4n) is 3.99. The highest BCUT2D eigenvalue weighted by Crippen LogP contribution is 2.38. The number of nitrogens with one attached hydrogen (secondary N) is 1. The molecule has 0 amide bonds. The van der Waals surface area contributed by atoms with Gasteiger partial charge in [-0.2, -0.15) is 13.2 Å². The van der Waals surface area contributed by atoms with Crippen LogP contribution in [0.4, 0.5) is 13.2 Å². The fourth-order valence-corrected chi connectivity index (χ4v) is 4.20. The fraction of sp³-hybridized carbons (Fsp3) is 0.375. The maximum absolute atomic E-state index is 13.3. The van der Waals surface area contributed by atoms with Crippen molar-refractivity contribution in [3.05, 3.63) is 63.3 Å². The van der Waals surface area contributed by atoms with Crippen molar-refractivity contribution < 1.29 is 22.3 Å². The van der Waals surface area contributed by atoms with Crippen molar-refractivity contribution in [2.45, 2.75) is 44.3 Å². The van der Waals surface area contributed by atoms with Crippen LogP contribution in [-0.2, 0) is 6.18 Å². The number of fused-ring (bicyclic) bond motifs is 1. The molecule has 4 rings (SSSR count). The van der Waals surface area contributed by atoms with Crippen LogP contribution in [0, 0.1) is 0 Å². The molecule has 1 fully saturated rings. The summed E-state index contributed by atoms with van der Waals surface area (Å²) in [5.74, 6) is 0.110. The standard InChI is InChI=1S/C24H23ClF3NO3/c25-19-8-3-7-17-20(30)14-22(32-23(17)19)18-10-9-15(24(26,27)28)13-21(18)31-12-4-11-29-16-5-1-2-6-16/h3,7-10,13-14,16,29H,1-2,4-6,11-12H2. The first-order valence-electron chi connectivity index (χ1n) is 10.6. The van der Waals surface area contributed by atoms with E-state index in [-0.39, 0.29) is 39.7 Å². The van der Waals surface area contributed by atoms with Gasteiger partial charge in [-0.25, -0.2) is 0 Å². The number of alkyl halides is 3. The van der Waals surface area contributed by atoms with E-state index in [1.54, 1.807) is 18.2 Å². The van der Waals surface area contributed by atoms with E-state index in [4.69, 9.17) is 20.8 Å². The molecule has 0 saturated heterocycles. The van der Waals surface area contributed by atoms with E-state index in [9.17, 15) is 18.0 Å². The molecule has 0 aliphatic heterocycles. The molecule has 1 aliphatic carbocycles. The Morgan fingerprint density at radius 1 is 1.12 bits per heavy atom. The van der Waals surface area contributed by atoms with Crippen LogP contribution in [0.5, 0.6) is 5.75 Å². The summed E-state index contributed by atoms with van der Waals surface area (Å²) in [5, 5.41) is 3.99. The molecule has 0 atom stereocenters. The number of benzene rings is 2. The zero-order chi connectivity index (χ0) is 22.7. The average molecular weight is 466 g/mol. The Kier molecular flexibility index (Phi) is 6.76. The van der Waals surface area contributed by atoms with Crippen LogP contribution in [-0.4, -0.2) is 19.2 Å². The summed E-state index contributed by atoms with van der Waals surface area (Å²) in [6.45, 7) is 0.951. The van der Waals surface area contributed by atoms with E-state index in [1.807, 2.05) is 0 Å². The lowest BCUT2D eigenvalue weighted by molar-refractivity contribution is -0.137. The van der Waals surface area contributed by atoms with Gasteiger partial charge in [0.1, 0.15) is 11.5 Å². The van der Waals surface area contributed by atoms with E-state index < -0.39 is 11.7 Å². The third-order valence-electron chi connectivity index (χ3n) is 5.65. The first kappa shape index (κ1) is 22.7. The number of rotatable bonds is 7. The minimum atomic E-state index is -4.52. The summed E-state index contributed by atoms with van der Waals surface area (Å²) in [7, 11) is 0. The second kappa shape index (κ2) is 9.55. The molecule has 1 aliphatic rings. The number of ether oxygens (including phenoxy) is 1. The van der Waals surface area contributed by atoms with Gasteiger partial charge in [-0.15, -0.1) is 0 Å². The second-order valence-corrected chi connectivity index (χ2v) is 8.34. The number of halogens is 4. The van der Waals surface area contributed by atoms with Crippen LogP contribution in [0.15, 0.2) is 51.7 Å². The maximum atomic E-state index is 13.3. The molecule has 2 aromatic carbocycles. The summed E-state index contributed by atoms with van der Waals surface area (Å²) in [4.78, 5) is 12.5. The molecule has 0 spiro atoms. The van der Waals surface area contributed by atoms with Crippen molar-refractivity contribution in [1.82, 2.24) is 5.32 Å². The molecule has 8 heteroatoms. The zero-order valence-corrected chi connectivity index (χ0v) is 18.1.